The number of carbonyl (C=O) groups excluding carboxylic acids is 1. The number of hydrogen-bond acceptors (Lipinski definition) is 3. The first-order valence-corrected chi connectivity index (χ1v) is 6.19. The Kier molecular flexibility index (Phi) is 4.01. The number of aryl methyl sites for hydroxylation is 1. The Balaban J connectivity index is 2.08. The molecule has 18 heavy (non-hydrogen) atoms. The van der Waals surface area contributed by atoms with Crippen molar-refractivity contribution >= 4 is 5.97 Å². The second-order valence-electron chi connectivity index (χ2n) is 4.53. The summed E-state index contributed by atoms with van der Waals surface area (Å²) in [5, 5.41) is 0. The average molecular weight is 243 g/mol. The van der Waals surface area contributed by atoms with E-state index in [4.69, 9.17) is 16.9 Å². The van der Waals surface area contributed by atoms with E-state index in [0.717, 1.165) is 24.8 Å². The van der Waals surface area contributed by atoms with Gasteiger partial charge in [-0.25, -0.2) is 0 Å². The minimum absolute atomic E-state index is 0.175. The summed E-state index contributed by atoms with van der Waals surface area (Å²) in [6.07, 6.45) is 8.10. The molecule has 1 aromatic rings. The van der Waals surface area contributed by atoms with Crippen molar-refractivity contribution in [3.63, 3.8) is 0 Å². The topological polar surface area (TPSA) is 52.3 Å². The molecule has 0 spiro atoms. The average Bonchev–Trinajstić information content (AvgIpc) is 2.39. The predicted octanol–water partition coefficient (Wildman–Crippen LogP) is 1.96. The largest absolute Gasteiger partial charge is 0.456 e. The number of esters is 1. The van der Waals surface area contributed by atoms with Gasteiger partial charge in [-0.05, 0) is 30.4 Å². The summed E-state index contributed by atoms with van der Waals surface area (Å²) in [4.78, 5) is 11.8. The Morgan fingerprint density at radius 3 is 3.11 bits per heavy atom. The van der Waals surface area contributed by atoms with Gasteiger partial charge in [-0.1, -0.05) is 24.3 Å². The fraction of sp³-hybridized carbons (Fsp3) is 0.400. The highest BCUT2D eigenvalue weighted by Gasteiger charge is 2.25. The van der Waals surface area contributed by atoms with Crippen LogP contribution in [0.3, 0.4) is 0 Å². The van der Waals surface area contributed by atoms with Gasteiger partial charge in [0.2, 0.25) is 0 Å². The van der Waals surface area contributed by atoms with Gasteiger partial charge in [0.05, 0.1) is 0 Å². The normalized spacial score (nSPS) is 19.4. The highest BCUT2D eigenvalue weighted by Crippen LogP contribution is 2.32. The monoisotopic (exact) mass is 243 g/mol. The summed E-state index contributed by atoms with van der Waals surface area (Å²) in [5.41, 5.74) is 8.01. The lowest BCUT2D eigenvalue weighted by molar-refractivity contribution is -0.151. The van der Waals surface area contributed by atoms with Gasteiger partial charge >= 0.3 is 5.97 Å². The maximum Gasteiger partial charge on any atom is 0.324 e. The molecule has 3 nitrogen and oxygen atoms in total. The molecule has 2 rings (SSSR count). The molecule has 0 bridgehead atoms. The van der Waals surface area contributed by atoms with Gasteiger partial charge in [0.1, 0.15) is 12.1 Å². The molecule has 1 aliphatic rings. The lowest BCUT2D eigenvalue weighted by Crippen LogP contribution is -2.33. The minimum atomic E-state index is -0.718. The molecule has 0 amide bonds. The number of benzene rings is 1. The molecule has 2 atom stereocenters. The summed E-state index contributed by atoms with van der Waals surface area (Å²) in [6, 6.07) is 7.35. The summed E-state index contributed by atoms with van der Waals surface area (Å²) in [5.74, 6) is 1.97. The Hall–Kier alpha value is -1.79. The van der Waals surface area contributed by atoms with E-state index in [-0.39, 0.29) is 12.5 Å². The molecule has 2 unspecified atom stereocenters. The standard InChI is InChI=1S/C15H17NO2/c1-2-6-13(16)15(17)18-14-10-5-8-11-7-3-4-9-12(11)14/h1,3-4,7,9,13-14H,5-6,8,10,16H2. The van der Waals surface area contributed by atoms with Crippen LogP contribution in [-0.2, 0) is 16.0 Å². The van der Waals surface area contributed by atoms with Crippen molar-refractivity contribution in [1.82, 2.24) is 0 Å². The Morgan fingerprint density at radius 2 is 2.33 bits per heavy atom. The Labute approximate surface area is 107 Å². The molecule has 0 aliphatic heterocycles. The van der Waals surface area contributed by atoms with E-state index in [1.54, 1.807) is 0 Å². The van der Waals surface area contributed by atoms with Crippen LogP contribution in [0.25, 0.3) is 0 Å². The van der Waals surface area contributed by atoms with Gasteiger partial charge in [0.15, 0.2) is 0 Å². The highest BCUT2D eigenvalue weighted by molar-refractivity contribution is 5.76. The van der Waals surface area contributed by atoms with Crippen molar-refractivity contribution < 1.29 is 9.53 Å². The molecule has 0 heterocycles. The van der Waals surface area contributed by atoms with Gasteiger partial charge in [0.25, 0.3) is 0 Å². The van der Waals surface area contributed by atoms with Crippen LogP contribution in [0.15, 0.2) is 24.3 Å². The van der Waals surface area contributed by atoms with Gasteiger partial charge in [-0.2, -0.15) is 0 Å². The first-order valence-electron chi connectivity index (χ1n) is 6.19. The number of fused-ring (bicyclic) bond motifs is 1. The SMILES string of the molecule is C#CCC(N)C(=O)OC1CCCc2ccccc21. The minimum Gasteiger partial charge on any atom is -0.456 e. The molecule has 0 radical (unpaired) electrons. The van der Waals surface area contributed by atoms with Crippen LogP contribution in [0.5, 0.6) is 0 Å². The third-order valence-electron chi connectivity index (χ3n) is 3.21. The molecule has 0 saturated heterocycles. The maximum absolute atomic E-state index is 11.8. The Bertz CT molecular complexity index is 476. The van der Waals surface area contributed by atoms with E-state index < -0.39 is 12.0 Å². The van der Waals surface area contributed by atoms with Gasteiger partial charge in [0, 0.05) is 6.42 Å². The lowest BCUT2D eigenvalue weighted by atomic mass is 9.89. The number of carbonyl (C=O) groups is 1. The number of nitrogens with two attached hydrogens (primary N) is 1. The number of rotatable bonds is 3. The number of hydrogen-bond donors (Lipinski definition) is 1. The van der Waals surface area contributed by atoms with E-state index in [1.165, 1.54) is 5.56 Å². The predicted molar refractivity (Wildman–Crippen MR) is 69.6 cm³/mol. The van der Waals surface area contributed by atoms with Crippen molar-refractivity contribution in [1.29, 1.82) is 0 Å². The van der Waals surface area contributed by atoms with Gasteiger partial charge < -0.3 is 10.5 Å². The Morgan fingerprint density at radius 1 is 1.56 bits per heavy atom. The van der Waals surface area contributed by atoms with Gasteiger partial charge in [-0.3, -0.25) is 4.79 Å². The van der Waals surface area contributed by atoms with Crippen LogP contribution in [0.4, 0.5) is 0 Å². The van der Waals surface area contributed by atoms with Gasteiger partial charge in [-0.15, -0.1) is 12.3 Å². The van der Waals surface area contributed by atoms with E-state index in [0.29, 0.717) is 0 Å². The van der Waals surface area contributed by atoms with Crippen LogP contribution < -0.4 is 5.73 Å². The van der Waals surface area contributed by atoms with Crippen LogP contribution in [-0.4, -0.2) is 12.0 Å². The molecular weight excluding hydrogens is 226 g/mol. The number of terminal acetylenes is 1. The molecule has 3 heteroatoms. The summed E-state index contributed by atoms with van der Waals surface area (Å²) < 4.78 is 5.47. The second-order valence-corrected chi connectivity index (χ2v) is 4.53. The molecule has 1 aliphatic carbocycles. The van der Waals surface area contributed by atoms with E-state index >= 15 is 0 Å². The summed E-state index contributed by atoms with van der Waals surface area (Å²) in [7, 11) is 0. The van der Waals surface area contributed by atoms with Crippen LogP contribution in [0, 0.1) is 12.3 Å². The summed E-state index contributed by atoms with van der Waals surface area (Å²) >= 11 is 0. The zero-order chi connectivity index (χ0) is 13.0. The molecule has 94 valence electrons. The summed E-state index contributed by atoms with van der Waals surface area (Å²) in [6.45, 7) is 0. The first kappa shape index (κ1) is 12.7. The molecule has 2 N–H and O–H groups in total. The van der Waals surface area contributed by atoms with Crippen LogP contribution in [0.2, 0.25) is 0 Å². The van der Waals surface area contributed by atoms with Crippen molar-refractivity contribution in [3.05, 3.63) is 35.4 Å². The number of ether oxygens (including phenoxy) is 1. The van der Waals surface area contributed by atoms with Crippen LogP contribution in [0.1, 0.15) is 36.5 Å². The highest BCUT2D eigenvalue weighted by atomic mass is 16.5. The third-order valence-corrected chi connectivity index (χ3v) is 3.21. The van der Waals surface area contributed by atoms with E-state index in [9.17, 15) is 4.79 Å². The van der Waals surface area contributed by atoms with Crippen molar-refractivity contribution in [3.8, 4) is 12.3 Å². The zero-order valence-corrected chi connectivity index (χ0v) is 10.3. The van der Waals surface area contributed by atoms with Crippen molar-refractivity contribution in [2.75, 3.05) is 0 Å². The maximum atomic E-state index is 11.8. The molecular formula is C15H17NO2. The molecule has 0 saturated carbocycles. The fourth-order valence-corrected chi connectivity index (χ4v) is 2.27. The molecule has 1 aromatic carbocycles. The van der Waals surface area contributed by atoms with Crippen LogP contribution >= 0.6 is 0 Å². The lowest BCUT2D eigenvalue weighted by Gasteiger charge is -2.26. The van der Waals surface area contributed by atoms with Crippen molar-refractivity contribution in [2.24, 2.45) is 5.73 Å². The first-order chi connectivity index (χ1) is 8.72. The second kappa shape index (κ2) is 5.70. The fourth-order valence-electron chi connectivity index (χ4n) is 2.27. The third kappa shape index (κ3) is 2.72. The molecule has 0 fully saturated rings. The molecule has 0 aromatic heterocycles. The smallest absolute Gasteiger partial charge is 0.324 e. The van der Waals surface area contributed by atoms with E-state index in [1.807, 2.05) is 18.2 Å². The van der Waals surface area contributed by atoms with E-state index in [2.05, 4.69) is 12.0 Å². The quantitative estimate of drug-likeness (QED) is 0.652. The zero-order valence-electron chi connectivity index (χ0n) is 10.3. The van der Waals surface area contributed by atoms with Crippen molar-refractivity contribution in [2.45, 2.75) is 37.8 Å².